The molecule has 3 heterocycles. The molecule has 46 heavy (non-hydrogen) atoms. The Morgan fingerprint density at radius 3 is 2.09 bits per heavy atom. The van der Waals surface area contributed by atoms with Crippen LogP contribution >= 0.6 is 0 Å². The predicted molar refractivity (Wildman–Crippen MR) is 205 cm³/mol. The highest BCUT2D eigenvalue weighted by atomic mass is 16.1. The Labute approximate surface area is 284 Å². The number of allylic oxidation sites excluding steroid dienone is 2. The maximum Gasteiger partial charge on any atom is 0.207 e. The summed E-state index contributed by atoms with van der Waals surface area (Å²) in [5.74, 6) is 2.91. The van der Waals surface area contributed by atoms with Gasteiger partial charge in [-0.3, -0.25) is 14.8 Å². The summed E-state index contributed by atoms with van der Waals surface area (Å²) in [6.45, 7) is 30.7. The molecule has 1 unspecified atom stereocenters. The van der Waals surface area contributed by atoms with Gasteiger partial charge in [-0.1, -0.05) is 72.7 Å². The molecule has 260 valence electrons. The first kappa shape index (κ1) is 44.9. The van der Waals surface area contributed by atoms with E-state index in [4.69, 9.17) is 0 Å². The average Bonchev–Trinajstić information content (AvgIpc) is 3.72. The zero-order valence-electron chi connectivity index (χ0n) is 31.5. The van der Waals surface area contributed by atoms with Gasteiger partial charge in [0.25, 0.3) is 0 Å². The molecule has 1 aromatic rings. The van der Waals surface area contributed by atoms with Crippen molar-refractivity contribution in [2.75, 3.05) is 52.9 Å². The number of amides is 1. The summed E-state index contributed by atoms with van der Waals surface area (Å²) in [7, 11) is 2.18. The SMILES string of the molecule is C#C.CC.CC.CC(C)CC1=CC(N2CCNCC2)=NC1.CC1CCN(C)C1.CC=N/C(C)=C(\C)c1ccc([C@H](C)NC=O)cc1. The highest BCUT2D eigenvalue weighted by Crippen LogP contribution is 2.21. The van der Waals surface area contributed by atoms with Crippen LogP contribution in [0.25, 0.3) is 5.57 Å². The molecule has 2 atom stereocenters. The Kier molecular flexibility index (Phi) is 27.4. The third kappa shape index (κ3) is 18.7. The van der Waals surface area contributed by atoms with Crippen molar-refractivity contribution in [3.8, 4) is 12.8 Å². The van der Waals surface area contributed by atoms with Gasteiger partial charge in [-0.2, -0.15) is 0 Å². The first-order valence-electron chi connectivity index (χ1n) is 17.3. The van der Waals surface area contributed by atoms with E-state index >= 15 is 0 Å². The molecule has 0 bridgehead atoms. The van der Waals surface area contributed by atoms with E-state index in [2.05, 4.69) is 96.2 Å². The molecule has 0 radical (unpaired) electrons. The van der Waals surface area contributed by atoms with Gasteiger partial charge in [0, 0.05) is 44.6 Å². The number of aliphatic imine (C=N–C) groups is 2. The number of benzene rings is 1. The third-order valence-corrected chi connectivity index (χ3v) is 7.54. The minimum Gasteiger partial charge on any atom is -0.354 e. The normalized spacial score (nSPS) is 18.2. The second-order valence-corrected chi connectivity index (χ2v) is 11.7. The number of carbonyl (C=O) groups is 1. The minimum atomic E-state index is 0.0376. The molecule has 2 fully saturated rings. The van der Waals surface area contributed by atoms with Crippen LogP contribution < -0.4 is 10.6 Å². The topological polar surface area (TPSA) is 72.3 Å². The Balaban J connectivity index is 0. The molecule has 7 nitrogen and oxygen atoms in total. The molecule has 0 saturated carbocycles. The second-order valence-electron chi connectivity index (χ2n) is 11.7. The lowest BCUT2D eigenvalue weighted by atomic mass is 10.0. The van der Waals surface area contributed by atoms with Crippen LogP contribution in [0.3, 0.4) is 0 Å². The second kappa shape index (κ2) is 28.0. The van der Waals surface area contributed by atoms with Crippen LogP contribution in [0.4, 0.5) is 0 Å². The van der Waals surface area contributed by atoms with Crippen molar-refractivity contribution < 1.29 is 4.79 Å². The summed E-state index contributed by atoms with van der Waals surface area (Å²) in [6, 6.07) is 8.21. The van der Waals surface area contributed by atoms with Crippen molar-refractivity contribution in [1.82, 2.24) is 20.4 Å². The smallest absolute Gasteiger partial charge is 0.207 e. The highest BCUT2D eigenvalue weighted by molar-refractivity contribution is 5.95. The van der Waals surface area contributed by atoms with Gasteiger partial charge in [-0.05, 0) is 94.3 Å². The number of rotatable bonds is 7. The molecule has 1 amide bonds. The number of hydrogen-bond donors (Lipinski definition) is 2. The van der Waals surface area contributed by atoms with Gasteiger partial charge in [-0.15, -0.1) is 12.8 Å². The van der Waals surface area contributed by atoms with E-state index in [1.807, 2.05) is 60.6 Å². The fourth-order valence-electron chi connectivity index (χ4n) is 5.06. The lowest BCUT2D eigenvalue weighted by Crippen LogP contribution is -2.45. The van der Waals surface area contributed by atoms with Crippen LogP contribution in [-0.4, -0.2) is 81.1 Å². The fraction of sp³-hybridized carbons (Fsp3) is 0.615. The number of carbonyl (C=O) groups excluding carboxylic acids is 1. The lowest BCUT2D eigenvalue weighted by Gasteiger charge is -2.28. The fourth-order valence-corrected chi connectivity index (χ4v) is 5.06. The maximum atomic E-state index is 10.4. The van der Waals surface area contributed by atoms with E-state index in [0.29, 0.717) is 0 Å². The largest absolute Gasteiger partial charge is 0.354 e. The van der Waals surface area contributed by atoms with Gasteiger partial charge >= 0.3 is 0 Å². The van der Waals surface area contributed by atoms with E-state index in [-0.39, 0.29) is 6.04 Å². The Bertz CT molecular complexity index is 1050. The third-order valence-electron chi connectivity index (χ3n) is 7.54. The van der Waals surface area contributed by atoms with Crippen molar-refractivity contribution in [2.24, 2.45) is 21.8 Å². The Morgan fingerprint density at radius 2 is 1.65 bits per heavy atom. The molecule has 2 saturated heterocycles. The monoisotopic (exact) mass is 637 g/mol. The van der Waals surface area contributed by atoms with Gasteiger partial charge in [0.15, 0.2) is 0 Å². The molecule has 2 N–H and O–H groups in total. The van der Waals surface area contributed by atoms with Crippen LogP contribution in [0.1, 0.15) is 106 Å². The molecular formula is C39H68N6O. The molecule has 7 heteroatoms. The number of likely N-dealkylation sites (tertiary alicyclic amines) is 1. The van der Waals surface area contributed by atoms with Gasteiger partial charge < -0.3 is 20.4 Å². The van der Waals surface area contributed by atoms with Gasteiger partial charge in [0.05, 0.1) is 12.6 Å². The quantitative estimate of drug-likeness (QED) is 0.182. The molecule has 4 rings (SSSR count). The molecular weight excluding hydrogens is 568 g/mol. The minimum absolute atomic E-state index is 0.0376. The number of nitrogens with zero attached hydrogens (tertiary/aromatic N) is 4. The average molecular weight is 637 g/mol. The zero-order chi connectivity index (χ0) is 35.5. The number of nitrogens with one attached hydrogen (secondary N) is 2. The predicted octanol–water partition coefficient (Wildman–Crippen LogP) is 7.87. The Hall–Kier alpha value is -3.21. The molecule has 1 aromatic carbocycles. The summed E-state index contributed by atoms with van der Waals surface area (Å²) in [5.41, 5.74) is 5.92. The molecule has 0 aliphatic carbocycles. The molecule has 3 aliphatic rings. The van der Waals surface area contributed by atoms with Gasteiger partial charge in [-0.25, -0.2) is 0 Å². The number of piperazine rings is 1. The Morgan fingerprint density at radius 1 is 1.07 bits per heavy atom. The van der Waals surface area contributed by atoms with Crippen molar-refractivity contribution in [3.05, 3.63) is 52.7 Å². The number of terminal acetylenes is 1. The van der Waals surface area contributed by atoms with E-state index in [1.54, 1.807) is 6.21 Å². The lowest BCUT2D eigenvalue weighted by molar-refractivity contribution is -0.110. The first-order chi connectivity index (χ1) is 22.1. The van der Waals surface area contributed by atoms with Crippen LogP contribution in [0.2, 0.25) is 0 Å². The van der Waals surface area contributed by atoms with Crippen molar-refractivity contribution >= 4 is 24.0 Å². The van der Waals surface area contributed by atoms with Crippen molar-refractivity contribution in [1.29, 1.82) is 0 Å². The number of hydrogen-bond acceptors (Lipinski definition) is 6. The van der Waals surface area contributed by atoms with Gasteiger partial charge in [0.2, 0.25) is 6.41 Å². The van der Waals surface area contributed by atoms with Crippen LogP contribution in [0.5, 0.6) is 0 Å². The van der Waals surface area contributed by atoms with E-state index in [0.717, 1.165) is 73.4 Å². The van der Waals surface area contributed by atoms with Crippen LogP contribution in [0, 0.1) is 24.7 Å². The van der Waals surface area contributed by atoms with Crippen molar-refractivity contribution in [3.63, 3.8) is 0 Å². The summed E-state index contributed by atoms with van der Waals surface area (Å²) < 4.78 is 0. The summed E-state index contributed by atoms with van der Waals surface area (Å²) >= 11 is 0. The standard InChI is InChI=1S/C15H20N2O.C12H21N3.C6H13N.2C2H6.C2H2/c1-5-16-12(3)11(2)14-6-8-15(9-7-14)13(4)17-10-18;1-10(2)7-11-8-12(14-9-11)15-5-3-13-4-6-15;1-6-3-4-7(2)5-6;3*1-2/h5-10,13H,1-4H3,(H,17,18);8,10,13H,3-7,9H2,1-2H3;6H,3-5H2,1-2H3;2*1-2H3;1-2H/b12-11+,16-5?;;;;;/t13-;;;;;/m0...../s1. The number of amidine groups is 1. The molecule has 3 aliphatic heterocycles. The van der Waals surface area contributed by atoms with E-state index < -0.39 is 0 Å². The first-order valence-corrected chi connectivity index (χ1v) is 17.3. The summed E-state index contributed by atoms with van der Waals surface area (Å²) in [6.07, 6.45) is 15.4. The van der Waals surface area contributed by atoms with Gasteiger partial charge in [0.1, 0.15) is 5.84 Å². The van der Waals surface area contributed by atoms with Crippen molar-refractivity contribution in [2.45, 2.75) is 95.0 Å². The van der Waals surface area contributed by atoms with E-state index in [9.17, 15) is 4.79 Å². The molecule has 0 aromatic heterocycles. The maximum absolute atomic E-state index is 10.4. The highest BCUT2D eigenvalue weighted by Gasteiger charge is 2.17. The van der Waals surface area contributed by atoms with E-state index in [1.165, 1.54) is 37.3 Å². The summed E-state index contributed by atoms with van der Waals surface area (Å²) in [5, 5.41) is 6.10. The van der Waals surface area contributed by atoms with Crippen LogP contribution in [-0.2, 0) is 4.79 Å². The molecule has 0 spiro atoms. The zero-order valence-corrected chi connectivity index (χ0v) is 31.5. The summed E-state index contributed by atoms with van der Waals surface area (Å²) in [4.78, 5) is 24.1. The van der Waals surface area contributed by atoms with Crippen LogP contribution in [0.15, 0.2) is 51.6 Å².